The Hall–Kier alpha value is -4.06. The Morgan fingerprint density at radius 2 is 1.66 bits per heavy atom. The molecule has 0 aliphatic rings. The number of benzene rings is 3. The van der Waals surface area contributed by atoms with Crippen LogP contribution in [0.2, 0.25) is 0 Å². The molecule has 0 heterocycles. The summed E-state index contributed by atoms with van der Waals surface area (Å²) in [7, 11) is -3.01. The highest BCUT2D eigenvalue weighted by Crippen LogP contribution is 2.33. The molecular weight excluding hydrogens is 559 g/mol. The standard InChI is InChI=1S/C29H32F3N3O5S/c1-4-16-33-28(37)21(2)34(19-22-10-8-13-25(17-22)40-3)27(36)20-35(41(38,39)26-14-6-5-7-15-26)24-12-9-11-23(18-24)29(30,31)32/h5-15,17-18,21H,4,16,19-20H2,1-3H3,(H,33,37). The number of carbonyl (C=O) groups excluding carboxylic acids is 2. The van der Waals surface area contributed by atoms with Gasteiger partial charge in [0.2, 0.25) is 11.8 Å². The Balaban J connectivity index is 2.07. The van der Waals surface area contributed by atoms with Crippen LogP contribution in [0.5, 0.6) is 5.75 Å². The van der Waals surface area contributed by atoms with E-state index in [1.807, 2.05) is 6.92 Å². The van der Waals surface area contributed by atoms with Crippen LogP contribution in [0.25, 0.3) is 0 Å². The number of hydrogen-bond acceptors (Lipinski definition) is 5. The molecule has 41 heavy (non-hydrogen) atoms. The van der Waals surface area contributed by atoms with Gasteiger partial charge in [0, 0.05) is 13.1 Å². The summed E-state index contributed by atoms with van der Waals surface area (Å²) in [4.78, 5) is 27.7. The lowest BCUT2D eigenvalue weighted by molar-refractivity contribution is -0.139. The molecule has 1 unspecified atom stereocenters. The van der Waals surface area contributed by atoms with Gasteiger partial charge in [0.25, 0.3) is 10.0 Å². The van der Waals surface area contributed by atoms with E-state index in [0.717, 1.165) is 12.1 Å². The third kappa shape index (κ3) is 8.00. The summed E-state index contributed by atoms with van der Waals surface area (Å²) < 4.78 is 74.0. The normalized spacial score (nSPS) is 12.3. The molecule has 0 saturated carbocycles. The number of carbonyl (C=O) groups is 2. The zero-order valence-electron chi connectivity index (χ0n) is 22.9. The lowest BCUT2D eigenvalue weighted by Crippen LogP contribution is -2.51. The number of halogens is 3. The molecule has 0 fully saturated rings. The highest BCUT2D eigenvalue weighted by atomic mass is 32.2. The number of nitrogens with one attached hydrogen (secondary N) is 1. The summed E-state index contributed by atoms with van der Waals surface area (Å²) >= 11 is 0. The Bertz CT molecular complexity index is 1450. The molecular formula is C29H32F3N3O5S. The molecule has 0 bridgehead atoms. The third-order valence-electron chi connectivity index (χ3n) is 6.28. The predicted octanol–water partition coefficient (Wildman–Crippen LogP) is 4.85. The van der Waals surface area contributed by atoms with Crippen LogP contribution in [0.4, 0.5) is 18.9 Å². The zero-order chi connectivity index (χ0) is 30.2. The maximum atomic E-state index is 13.9. The molecule has 0 saturated heterocycles. The molecule has 0 spiro atoms. The number of sulfonamides is 1. The SMILES string of the molecule is CCCNC(=O)C(C)N(Cc1cccc(OC)c1)C(=O)CN(c1cccc(C(F)(F)F)c1)S(=O)(=O)c1ccccc1. The number of rotatable bonds is 12. The number of anilines is 1. The van der Waals surface area contributed by atoms with Crippen LogP contribution in [0.3, 0.4) is 0 Å². The van der Waals surface area contributed by atoms with Crippen LogP contribution in [-0.4, -0.2) is 51.4 Å². The Morgan fingerprint density at radius 3 is 2.29 bits per heavy atom. The lowest BCUT2D eigenvalue weighted by atomic mass is 10.1. The van der Waals surface area contributed by atoms with Crippen molar-refractivity contribution in [1.82, 2.24) is 10.2 Å². The average molecular weight is 592 g/mol. The molecule has 220 valence electrons. The van der Waals surface area contributed by atoms with Gasteiger partial charge in [0.05, 0.1) is 23.3 Å². The van der Waals surface area contributed by atoms with Gasteiger partial charge in [0.1, 0.15) is 18.3 Å². The fourth-order valence-electron chi connectivity index (χ4n) is 4.03. The van der Waals surface area contributed by atoms with Gasteiger partial charge in [-0.25, -0.2) is 8.42 Å². The smallest absolute Gasteiger partial charge is 0.416 e. The van der Waals surface area contributed by atoms with E-state index in [9.17, 15) is 31.2 Å². The van der Waals surface area contributed by atoms with Crippen LogP contribution < -0.4 is 14.4 Å². The predicted molar refractivity (Wildman–Crippen MR) is 149 cm³/mol. The van der Waals surface area contributed by atoms with E-state index in [-0.39, 0.29) is 17.1 Å². The summed E-state index contributed by atoms with van der Waals surface area (Å²) in [6.45, 7) is 2.80. The molecule has 2 amide bonds. The van der Waals surface area contributed by atoms with Crippen molar-refractivity contribution in [3.8, 4) is 5.75 Å². The topological polar surface area (TPSA) is 96.0 Å². The van der Waals surface area contributed by atoms with Crippen molar-refractivity contribution in [3.05, 3.63) is 90.0 Å². The number of ether oxygens (including phenoxy) is 1. The van der Waals surface area contributed by atoms with E-state index in [4.69, 9.17) is 4.74 Å². The van der Waals surface area contributed by atoms with E-state index >= 15 is 0 Å². The summed E-state index contributed by atoms with van der Waals surface area (Å²) in [5.41, 5.74) is -0.818. The number of hydrogen-bond donors (Lipinski definition) is 1. The summed E-state index contributed by atoms with van der Waals surface area (Å²) in [5.74, 6) is -0.737. The average Bonchev–Trinajstić information content (AvgIpc) is 2.97. The second kappa shape index (κ2) is 13.5. The largest absolute Gasteiger partial charge is 0.497 e. The third-order valence-corrected chi connectivity index (χ3v) is 8.06. The van der Waals surface area contributed by atoms with Gasteiger partial charge in [-0.15, -0.1) is 0 Å². The van der Waals surface area contributed by atoms with Crippen LogP contribution in [0.1, 0.15) is 31.4 Å². The first-order valence-electron chi connectivity index (χ1n) is 12.8. The van der Waals surface area contributed by atoms with Gasteiger partial charge in [-0.05, 0) is 61.4 Å². The van der Waals surface area contributed by atoms with Crippen LogP contribution >= 0.6 is 0 Å². The van der Waals surface area contributed by atoms with Crippen molar-refractivity contribution in [2.24, 2.45) is 0 Å². The fraction of sp³-hybridized carbons (Fsp3) is 0.310. The van der Waals surface area contributed by atoms with E-state index < -0.39 is 46.2 Å². The van der Waals surface area contributed by atoms with Gasteiger partial charge in [-0.1, -0.05) is 43.3 Å². The van der Waals surface area contributed by atoms with Crippen molar-refractivity contribution in [2.45, 2.75) is 43.9 Å². The first-order chi connectivity index (χ1) is 19.4. The van der Waals surface area contributed by atoms with E-state index in [1.165, 1.54) is 49.3 Å². The van der Waals surface area contributed by atoms with E-state index in [0.29, 0.717) is 34.7 Å². The minimum absolute atomic E-state index is 0.0848. The maximum absolute atomic E-state index is 13.9. The Morgan fingerprint density at radius 1 is 0.976 bits per heavy atom. The zero-order valence-corrected chi connectivity index (χ0v) is 23.7. The van der Waals surface area contributed by atoms with Crippen molar-refractivity contribution in [1.29, 1.82) is 0 Å². The minimum atomic E-state index is -4.74. The van der Waals surface area contributed by atoms with Gasteiger partial charge in [-0.3, -0.25) is 13.9 Å². The highest BCUT2D eigenvalue weighted by Gasteiger charge is 2.35. The lowest BCUT2D eigenvalue weighted by Gasteiger charge is -2.32. The molecule has 0 aliphatic heterocycles. The Kier molecular flexibility index (Phi) is 10.4. The summed E-state index contributed by atoms with van der Waals surface area (Å²) in [5, 5.41) is 2.73. The molecule has 3 aromatic rings. The minimum Gasteiger partial charge on any atom is -0.497 e. The van der Waals surface area contributed by atoms with Crippen LogP contribution in [0.15, 0.2) is 83.8 Å². The molecule has 0 radical (unpaired) electrons. The monoisotopic (exact) mass is 591 g/mol. The number of methoxy groups -OCH3 is 1. The molecule has 12 heteroatoms. The molecule has 1 atom stereocenters. The summed E-state index contributed by atoms with van der Waals surface area (Å²) in [6.07, 6.45) is -4.09. The second-order valence-corrected chi connectivity index (χ2v) is 11.1. The van der Waals surface area contributed by atoms with Gasteiger partial charge in [-0.2, -0.15) is 13.2 Å². The van der Waals surface area contributed by atoms with Gasteiger partial charge < -0.3 is 15.0 Å². The van der Waals surface area contributed by atoms with Crippen molar-refractivity contribution in [2.75, 3.05) is 24.5 Å². The second-order valence-electron chi connectivity index (χ2n) is 9.21. The summed E-state index contributed by atoms with van der Waals surface area (Å²) in [6, 6.07) is 16.6. The maximum Gasteiger partial charge on any atom is 0.416 e. The highest BCUT2D eigenvalue weighted by molar-refractivity contribution is 7.92. The molecule has 0 aliphatic carbocycles. The molecule has 8 nitrogen and oxygen atoms in total. The van der Waals surface area contributed by atoms with Crippen molar-refractivity contribution >= 4 is 27.5 Å². The van der Waals surface area contributed by atoms with Crippen molar-refractivity contribution in [3.63, 3.8) is 0 Å². The Labute approximate surface area is 237 Å². The quantitative estimate of drug-likeness (QED) is 0.325. The molecule has 3 aromatic carbocycles. The fourth-order valence-corrected chi connectivity index (χ4v) is 5.46. The van der Waals surface area contributed by atoms with Gasteiger partial charge >= 0.3 is 6.18 Å². The first-order valence-corrected chi connectivity index (χ1v) is 14.3. The van der Waals surface area contributed by atoms with Crippen LogP contribution in [0, 0.1) is 0 Å². The first kappa shape index (κ1) is 31.5. The molecule has 3 rings (SSSR count). The van der Waals surface area contributed by atoms with E-state index in [2.05, 4.69) is 5.32 Å². The molecule has 1 N–H and O–H groups in total. The number of alkyl halides is 3. The van der Waals surface area contributed by atoms with Crippen LogP contribution in [-0.2, 0) is 32.3 Å². The van der Waals surface area contributed by atoms with E-state index in [1.54, 1.807) is 30.3 Å². The number of nitrogens with zero attached hydrogens (tertiary/aromatic N) is 2. The van der Waals surface area contributed by atoms with Gasteiger partial charge in [0.15, 0.2) is 0 Å². The molecule has 0 aromatic heterocycles. The van der Waals surface area contributed by atoms with Crippen molar-refractivity contribution < 1.29 is 35.9 Å². The number of amides is 2.